The molecule has 53 heavy (non-hydrogen) atoms. The highest BCUT2D eigenvalue weighted by Gasteiger charge is 2.31. The molecule has 1 rings (SSSR count). The van der Waals surface area contributed by atoms with Gasteiger partial charge in [-0.1, -0.05) is 38.2 Å². The maximum Gasteiger partial charge on any atom is 0.328 e. The lowest BCUT2D eigenvalue weighted by molar-refractivity contribution is -0.202. The smallest absolute Gasteiger partial charge is 0.328 e. The molecule has 8 atom stereocenters. The van der Waals surface area contributed by atoms with Gasteiger partial charge in [-0.05, 0) is 69.3 Å². The third-order valence-electron chi connectivity index (χ3n) is 8.27. The zero-order valence-corrected chi connectivity index (χ0v) is 30.7. The lowest BCUT2D eigenvalue weighted by atomic mass is 10.0. The Bertz CT molecular complexity index is 1190. The zero-order valence-electron chi connectivity index (χ0n) is 30.7. The Morgan fingerprint density at radius 1 is 0.887 bits per heavy atom. The number of hydrogen-bond acceptors (Lipinski definition) is 16. The number of ether oxygens (including phenoxy) is 1. The van der Waals surface area contributed by atoms with Crippen LogP contribution in [0.25, 0.3) is 0 Å². The largest absolute Gasteiger partial charge is 0.464 e. The Labute approximate surface area is 310 Å². The Balaban J connectivity index is 2.45. The fourth-order valence-electron chi connectivity index (χ4n) is 5.14. The number of carbonyl (C=O) groups is 4. The summed E-state index contributed by atoms with van der Waals surface area (Å²) in [6.45, 7) is 4.64. The van der Waals surface area contributed by atoms with Crippen LogP contribution in [-0.4, -0.2) is 150 Å². The molecule has 1 heterocycles. The molecule has 1 fully saturated rings. The first-order valence-electron chi connectivity index (χ1n) is 17.8. The summed E-state index contributed by atoms with van der Waals surface area (Å²) in [5, 5.41) is 87.9. The van der Waals surface area contributed by atoms with Crippen LogP contribution in [-0.2, 0) is 23.9 Å². The fourth-order valence-corrected chi connectivity index (χ4v) is 5.14. The number of aliphatic hydroxyl groups excluding tert-OH is 5. The second-order valence-corrected chi connectivity index (χ2v) is 13.1. The normalized spacial score (nSPS) is 20.0. The van der Waals surface area contributed by atoms with Crippen LogP contribution >= 0.6 is 0 Å². The van der Waals surface area contributed by atoms with E-state index in [1.54, 1.807) is 0 Å². The minimum atomic E-state index is -1.50. The molecule has 19 heteroatoms. The maximum atomic E-state index is 12.6. The summed E-state index contributed by atoms with van der Waals surface area (Å²) in [4.78, 5) is 49.2. The number of carbonyl (C=O) groups excluding carboxylic acids is 4. The first-order chi connectivity index (χ1) is 25.1. The topological polar surface area (TPSA) is 285 Å². The lowest BCUT2D eigenvalue weighted by Crippen LogP contribution is -2.60. The molecule has 0 bridgehead atoms. The molecule has 0 aromatic rings. The van der Waals surface area contributed by atoms with Gasteiger partial charge in [0.15, 0.2) is 6.23 Å². The van der Waals surface area contributed by atoms with Crippen molar-refractivity contribution in [2.75, 3.05) is 32.9 Å². The Morgan fingerprint density at radius 2 is 1.51 bits per heavy atom. The second kappa shape index (κ2) is 26.3. The molecule has 0 saturated carbocycles. The number of aliphatic hydroxyl groups is 5. The van der Waals surface area contributed by atoms with Gasteiger partial charge in [-0.15, -0.1) is 0 Å². The van der Waals surface area contributed by atoms with Crippen molar-refractivity contribution in [3.8, 4) is 0 Å². The number of hydroxylamine groups is 6. The third kappa shape index (κ3) is 20.0. The molecule has 1 aliphatic heterocycles. The van der Waals surface area contributed by atoms with Crippen LogP contribution in [0.5, 0.6) is 0 Å². The van der Waals surface area contributed by atoms with Gasteiger partial charge in [-0.25, -0.2) is 9.86 Å². The van der Waals surface area contributed by atoms with Crippen molar-refractivity contribution >= 4 is 23.7 Å². The van der Waals surface area contributed by atoms with E-state index in [1.165, 1.54) is 37.3 Å². The van der Waals surface area contributed by atoms with Crippen molar-refractivity contribution < 1.29 is 65.1 Å². The molecule has 0 aliphatic carbocycles. The zero-order chi connectivity index (χ0) is 39.9. The second-order valence-electron chi connectivity index (χ2n) is 13.1. The molecule has 3 amide bonds. The summed E-state index contributed by atoms with van der Waals surface area (Å²) in [5.74, 6) is -2.22. The van der Waals surface area contributed by atoms with Crippen LogP contribution in [0.4, 0.5) is 0 Å². The van der Waals surface area contributed by atoms with Gasteiger partial charge in [-0.2, -0.15) is 10.1 Å². The van der Waals surface area contributed by atoms with Crippen molar-refractivity contribution in [1.29, 1.82) is 0 Å². The molecular weight excluding hydrogens is 700 g/mol. The quantitative estimate of drug-likeness (QED) is 0.0158. The van der Waals surface area contributed by atoms with Gasteiger partial charge in [0, 0.05) is 39.4 Å². The van der Waals surface area contributed by atoms with E-state index >= 15 is 0 Å². The first kappa shape index (κ1) is 47.5. The van der Waals surface area contributed by atoms with E-state index in [9.17, 15) is 50.1 Å². The molecule has 0 aromatic carbocycles. The van der Waals surface area contributed by atoms with E-state index in [-0.39, 0.29) is 83.3 Å². The van der Waals surface area contributed by atoms with Crippen LogP contribution in [0, 0.1) is 11.8 Å². The van der Waals surface area contributed by atoms with Crippen molar-refractivity contribution in [1.82, 2.24) is 31.1 Å². The van der Waals surface area contributed by atoms with Gasteiger partial charge in [0.25, 0.3) is 0 Å². The number of hydrogen-bond donors (Lipinski definition) is 11. The predicted molar refractivity (Wildman–Crippen MR) is 188 cm³/mol. The van der Waals surface area contributed by atoms with E-state index < -0.39 is 60.5 Å². The number of amides is 3. The summed E-state index contributed by atoms with van der Waals surface area (Å²) in [7, 11) is 0. The van der Waals surface area contributed by atoms with Gasteiger partial charge in [-0.3, -0.25) is 19.6 Å². The summed E-state index contributed by atoms with van der Waals surface area (Å²) in [6, 6.07) is -2.95. The van der Waals surface area contributed by atoms with Crippen LogP contribution in [0.2, 0.25) is 0 Å². The highest BCUT2D eigenvalue weighted by Crippen LogP contribution is 2.14. The number of nitrogens with one attached hydrogen (secondary N) is 3. The third-order valence-corrected chi connectivity index (χ3v) is 8.27. The average molecular weight is 761 g/mol. The standard InChI is InChI=1S/C34H60N6O13/c1-23(13-18-41)21-30(45)39(51)16-7-10-27-33(48)36-26(32(47)37-27)9-6-15-38(50)29(44)12-4-5-20-53-34(49)28(35-25(3)43)11-8-17-40(52)31(46)22-24(2)14-19-42/h4,6-7,10,12,15,23-24,26-31,41-42,44-46,50-52H,5,8-9,11,13-14,16-22H2,1-3H3,(H,35,43)(H,36,48)(H,37,47)/b10-7?,12-4+,15-6?. The van der Waals surface area contributed by atoms with Crippen molar-refractivity contribution in [3.05, 3.63) is 36.6 Å². The van der Waals surface area contributed by atoms with Crippen molar-refractivity contribution in [2.24, 2.45) is 11.8 Å². The Morgan fingerprint density at radius 3 is 2.11 bits per heavy atom. The predicted octanol–water partition coefficient (Wildman–Crippen LogP) is -0.950. The summed E-state index contributed by atoms with van der Waals surface area (Å²) in [6.07, 6.45) is 6.04. The SMILES string of the molecule is CC(=O)NC(CCCN(O)C(O)CC(C)CCO)C(=O)OCC/C=C/C(O)N(O)C=CCC1NC(=O)C(C=CCN(O)C(O)CC(C)CCO)NC1=O. The highest BCUT2D eigenvalue weighted by molar-refractivity contribution is 5.98. The Hall–Kier alpha value is -3.50. The number of rotatable bonds is 27. The summed E-state index contributed by atoms with van der Waals surface area (Å²) in [5.41, 5.74) is 0. The van der Waals surface area contributed by atoms with E-state index in [0.717, 1.165) is 11.3 Å². The number of nitrogens with zero attached hydrogens (tertiary/aromatic N) is 3. The van der Waals surface area contributed by atoms with Crippen LogP contribution in [0.1, 0.15) is 72.1 Å². The molecule has 0 spiro atoms. The molecule has 1 saturated heterocycles. The molecule has 0 radical (unpaired) electrons. The summed E-state index contributed by atoms with van der Waals surface area (Å²) < 4.78 is 5.22. The fraction of sp³-hybridized carbons (Fsp3) is 0.706. The van der Waals surface area contributed by atoms with E-state index in [1.807, 2.05) is 13.8 Å². The summed E-state index contributed by atoms with van der Waals surface area (Å²) >= 11 is 0. The first-order valence-corrected chi connectivity index (χ1v) is 17.8. The van der Waals surface area contributed by atoms with Crippen LogP contribution in [0.15, 0.2) is 36.6 Å². The van der Waals surface area contributed by atoms with Gasteiger partial charge < -0.3 is 56.6 Å². The molecular formula is C34H60N6O13. The number of esters is 1. The molecule has 11 N–H and O–H groups in total. The minimum absolute atomic E-state index is 0.0151. The van der Waals surface area contributed by atoms with E-state index in [4.69, 9.17) is 14.9 Å². The van der Waals surface area contributed by atoms with E-state index in [0.29, 0.717) is 23.0 Å². The number of piperazine rings is 1. The average Bonchev–Trinajstić information content (AvgIpc) is 3.08. The highest BCUT2D eigenvalue weighted by atomic mass is 16.5. The van der Waals surface area contributed by atoms with Crippen LogP contribution < -0.4 is 16.0 Å². The van der Waals surface area contributed by atoms with Gasteiger partial charge in [0.2, 0.25) is 17.7 Å². The lowest BCUT2D eigenvalue weighted by Gasteiger charge is -2.28. The van der Waals surface area contributed by atoms with Crippen LogP contribution in [0.3, 0.4) is 0 Å². The molecule has 8 unspecified atom stereocenters. The van der Waals surface area contributed by atoms with Crippen molar-refractivity contribution in [3.63, 3.8) is 0 Å². The maximum absolute atomic E-state index is 12.6. The van der Waals surface area contributed by atoms with E-state index in [2.05, 4.69) is 16.0 Å². The molecule has 304 valence electrons. The van der Waals surface area contributed by atoms with Crippen molar-refractivity contribution in [2.45, 2.75) is 109 Å². The Kier molecular flexibility index (Phi) is 23.6. The van der Waals surface area contributed by atoms with Gasteiger partial charge in [0.05, 0.1) is 6.61 Å². The van der Waals surface area contributed by atoms with Gasteiger partial charge >= 0.3 is 5.97 Å². The minimum Gasteiger partial charge on any atom is -0.464 e. The molecule has 0 aromatic heterocycles. The molecule has 19 nitrogen and oxygen atoms in total. The monoisotopic (exact) mass is 760 g/mol. The molecule has 1 aliphatic rings. The van der Waals surface area contributed by atoms with Gasteiger partial charge in [0.1, 0.15) is 30.6 Å².